The molecule has 0 aliphatic heterocycles. The van der Waals surface area contributed by atoms with Gasteiger partial charge in [-0.05, 0) is 29.5 Å². The third kappa shape index (κ3) is 17.3. The molecular weight excluding hydrogens is 777 g/mol. The van der Waals surface area contributed by atoms with Crippen LogP contribution in [0.1, 0.15) is 29.5 Å². The molecule has 3 rings (SSSR count). The summed E-state index contributed by atoms with van der Waals surface area (Å²) in [6.45, 7) is -1.54. The molecule has 322 valence electrons. The van der Waals surface area contributed by atoms with E-state index in [4.69, 9.17) is 22.9 Å². The number of hydrazine groups is 1. The van der Waals surface area contributed by atoms with Crippen LogP contribution in [0.5, 0.6) is 0 Å². The van der Waals surface area contributed by atoms with Gasteiger partial charge in [-0.2, -0.15) is 0 Å². The second kappa shape index (κ2) is 25.5. The van der Waals surface area contributed by atoms with Crippen molar-refractivity contribution in [2.75, 3.05) is 26.2 Å². The Labute approximate surface area is 347 Å². The molecule has 3 aromatic carbocycles. The first-order chi connectivity index (χ1) is 28.8. The highest BCUT2D eigenvalue weighted by Crippen LogP contribution is 2.09. The molecule has 0 spiro atoms. The standard InChI is InChI=1S/C40H54N12O8/c41-22-33(54)52-46-23-34(55)47-30(20-26-13-6-2-7-14-26)37(58)51-32(24-53)39(60)50-31(21-27-15-8-3-9-16-27)38(59)48-28(17-10-18-45-40(43)44)36(57)49-29(35(42)56)19-25-11-4-1-5-12-25/h1-9,11-16,28-32,46,53H,10,17-24,41H2,(H2,42,56)(H,47,55)(H,48,59)(H,49,57)(H,50,60)(H,51,58)(H,52,54)(H4,43,44,45)/t28-,29-,30-,31-,32-/m0/s1. The third-order valence-corrected chi connectivity index (χ3v) is 8.85. The number of nitrogens with one attached hydrogen (secondary N) is 7. The van der Waals surface area contributed by atoms with Gasteiger partial charge < -0.3 is 54.6 Å². The van der Waals surface area contributed by atoms with E-state index in [1.807, 2.05) is 0 Å². The van der Waals surface area contributed by atoms with Crippen molar-refractivity contribution in [2.45, 2.75) is 62.3 Å². The molecule has 0 radical (unpaired) electrons. The van der Waals surface area contributed by atoms with Gasteiger partial charge in [0.2, 0.25) is 41.4 Å². The van der Waals surface area contributed by atoms with Crippen LogP contribution in [-0.2, 0) is 52.8 Å². The zero-order valence-electron chi connectivity index (χ0n) is 33.0. The summed E-state index contributed by atoms with van der Waals surface area (Å²) in [5.41, 5.74) is 28.4. The quantitative estimate of drug-likeness (QED) is 0.0170. The molecule has 0 aliphatic carbocycles. The Morgan fingerprint density at radius 2 is 0.967 bits per heavy atom. The highest BCUT2D eigenvalue weighted by Gasteiger charge is 2.32. The van der Waals surface area contributed by atoms with E-state index in [9.17, 15) is 38.7 Å². The zero-order valence-corrected chi connectivity index (χ0v) is 33.0. The van der Waals surface area contributed by atoms with E-state index in [0.717, 1.165) is 5.56 Å². The molecule has 0 saturated heterocycles. The van der Waals surface area contributed by atoms with Crippen molar-refractivity contribution in [3.63, 3.8) is 0 Å². The Bertz CT molecular complexity index is 1900. The van der Waals surface area contributed by atoms with Gasteiger partial charge in [-0.1, -0.05) is 91.0 Å². The van der Waals surface area contributed by atoms with Gasteiger partial charge in [-0.25, -0.2) is 5.43 Å². The number of primary amides is 1. The zero-order chi connectivity index (χ0) is 43.9. The number of benzene rings is 3. The molecule has 0 heterocycles. The van der Waals surface area contributed by atoms with Crippen molar-refractivity contribution in [1.29, 1.82) is 0 Å². The lowest BCUT2D eigenvalue weighted by molar-refractivity contribution is -0.135. The smallest absolute Gasteiger partial charge is 0.247 e. The third-order valence-electron chi connectivity index (χ3n) is 8.85. The maximum Gasteiger partial charge on any atom is 0.247 e. The lowest BCUT2D eigenvalue weighted by atomic mass is 10.0. The number of hydrogen-bond acceptors (Lipinski definition) is 11. The number of nitrogens with zero attached hydrogens (tertiary/aromatic N) is 1. The molecule has 20 nitrogen and oxygen atoms in total. The molecule has 0 saturated carbocycles. The van der Waals surface area contributed by atoms with E-state index in [1.54, 1.807) is 91.0 Å². The van der Waals surface area contributed by atoms with Gasteiger partial charge in [-0.3, -0.25) is 44.0 Å². The van der Waals surface area contributed by atoms with Gasteiger partial charge in [0.25, 0.3) is 0 Å². The van der Waals surface area contributed by atoms with Gasteiger partial charge in [0.05, 0.1) is 19.7 Å². The molecule has 16 N–H and O–H groups in total. The van der Waals surface area contributed by atoms with Gasteiger partial charge in [0.15, 0.2) is 5.96 Å². The SMILES string of the molecule is NCC(=O)NNCC(=O)N[C@@H](Cc1ccccc1)C(=O)N[C@@H](CO)C(=O)N[C@@H](Cc1ccccc1)C(=O)N[C@@H](CCCN=C(N)N)C(=O)N[C@@H](Cc1ccccc1)C(N)=O. The van der Waals surface area contributed by atoms with Crippen LogP contribution in [0.4, 0.5) is 0 Å². The number of carbonyl (C=O) groups is 7. The molecular formula is C40H54N12O8. The molecule has 0 aromatic heterocycles. The molecule has 7 amide bonds. The normalized spacial score (nSPS) is 13.2. The van der Waals surface area contributed by atoms with E-state index in [-0.39, 0.29) is 51.2 Å². The Hall–Kier alpha value is -6.90. The van der Waals surface area contributed by atoms with Crippen molar-refractivity contribution in [2.24, 2.45) is 27.9 Å². The second-order valence-electron chi connectivity index (χ2n) is 13.6. The van der Waals surface area contributed by atoms with E-state index in [1.165, 1.54) is 0 Å². The summed E-state index contributed by atoms with van der Waals surface area (Å²) < 4.78 is 0. The molecule has 60 heavy (non-hydrogen) atoms. The second-order valence-corrected chi connectivity index (χ2v) is 13.6. The molecule has 0 aliphatic rings. The lowest BCUT2D eigenvalue weighted by Gasteiger charge is -2.27. The molecule has 3 aromatic rings. The lowest BCUT2D eigenvalue weighted by Crippen LogP contribution is -2.60. The summed E-state index contributed by atoms with van der Waals surface area (Å²) in [6, 6.07) is 19.6. The number of aliphatic hydroxyl groups excluding tert-OH is 1. The van der Waals surface area contributed by atoms with Crippen molar-refractivity contribution in [3.05, 3.63) is 108 Å². The van der Waals surface area contributed by atoms with Gasteiger partial charge in [-0.15, -0.1) is 0 Å². The van der Waals surface area contributed by atoms with Gasteiger partial charge in [0, 0.05) is 25.8 Å². The number of nitrogens with two attached hydrogens (primary N) is 4. The molecule has 0 fully saturated rings. The molecule has 20 heteroatoms. The number of aliphatic imine (C=N–C) groups is 1. The minimum absolute atomic E-state index is 0.00985. The number of amides is 7. The summed E-state index contributed by atoms with van der Waals surface area (Å²) in [6.07, 6.45) is 0.225. The molecule has 5 atom stereocenters. The molecule has 0 unspecified atom stereocenters. The number of guanidine groups is 1. The van der Waals surface area contributed by atoms with Gasteiger partial charge >= 0.3 is 0 Å². The number of rotatable bonds is 25. The van der Waals surface area contributed by atoms with Crippen molar-refractivity contribution < 1.29 is 38.7 Å². The van der Waals surface area contributed by atoms with Crippen LogP contribution in [-0.4, -0.2) is 109 Å². The van der Waals surface area contributed by atoms with E-state index < -0.39 is 84.7 Å². The van der Waals surface area contributed by atoms with Crippen molar-refractivity contribution >= 4 is 47.3 Å². The summed E-state index contributed by atoms with van der Waals surface area (Å²) in [4.78, 5) is 95.7. The predicted octanol–water partition coefficient (Wildman–Crippen LogP) is -3.75. The summed E-state index contributed by atoms with van der Waals surface area (Å²) in [7, 11) is 0. The Morgan fingerprint density at radius 1 is 0.550 bits per heavy atom. The summed E-state index contributed by atoms with van der Waals surface area (Å²) in [5, 5.41) is 23.2. The summed E-state index contributed by atoms with van der Waals surface area (Å²) >= 11 is 0. The number of carbonyl (C=O) groups excluding carboxylic acids is 7. The minimum Gasteiger partial charge on any atom is -0.394 e. The first-order valence-corrected chi connectivity index (χ1v) is 19.1. The Morgan fingerprint density at radius 3 is 1.43 bits per heavy atom. The van der Waals surface area contributed by atoms with E-state index >= 15 is 0 Å². The van der Waals surface area contributed by atoms with E-state index in [0.29, 0.717) is 11.1 Å². The fraction of sp³-hybridized carbons (Fsp3) is 0.350. The largest absolute Gasteiger partial charge is 0.394 e. The number of hydrogen-bond donors (Lipinski definition) is 12. The van der Waals surface area contributed by atoms with Crippen LogP contribution in [0.3, 0.4) is 0 Å². The number of aliphatic hydroxyl groups is 1. The fourth-order valence-corrected chi connectivity index (χ4v) is 5.77. The highest BCUT2D eigenvalue weighted by atomic mass is 16.3. The highest BCUT2D eigenvalue weighted by molar-refractivity contribution is 5.96. The van der Waals surface area contributed by atoms with Crippen LogP contribution < -0.4 is 60.4 Å². The van der Waals surface area contributed by atoms with Crippen LogP contribution in [0.2, 0.25) is 0 Å². The van der Waals surface area contributed by atoms with Crippen molar-refractivity contribution in [1.82, 2.24) is 37.4 Å². The topological polar surface area (TPSA) is 340 Å². The predicted molar refractivity (Wildman–Crippen MR) is 221 cm³/mol. The average Bonchev–Trinajstić information content (AvgIpc) is 3.23. The average molecular weight is 831 g/mol. The van der Waals surface area contributed by atoms with Crippen molar-refractivity contribution in [3.8, 4) is 0 Å². The van der Waals surface area contributed by atoms with Crippen LogP contribution >= 0.6 is 0 Å². The maximum atomic E-state index is 14.1. The fourth-order valence-electron chi connectivity index (χ4n) is 5.77. The van der Waals surface area contributed by atoms with Crippen LogP contribution in [0.15, 0.2) is 96.0 Å². The molecule has 0 bridgehead atoms. The van der Waals surface area contributed by atoms with Crippen LogP contribution in [0, 0.1) is 0 Å². The maximum absolute atomic E-state index is 14.1. The summed E-state index contributed by atoms with van der Waals surface area (Å²) in [5.74, 6) is -5.58. The van der Waals surface area contributed by atoms with E-state index in [2.05, 4.69) is 42.4 Å². The monoisotopic (exact) mass is 830 g/mol. The minimum atomic E-state index is -1.60. The van der Waals surface area contributed by atoms with Crippen LogP contribution in [0.25, 0.3) is 0 Å². The Kier molecular flexibility index (Phi) is 20.1. The first kappa shape index (κ1) is 47.5. The Balaban J connectivity index is 1.82. The van der Waals surface area contributed by atoms with Gasteiger partial charge in [0.1, 0.15) is 30.2 Å². The first-order valence-electron chi connectivity index (χ1n) is 19.1.